The lowest BCUT2D eigenvalue weighted by atomic mass is 9.95. The Hall–Kier alpha value is -2.37. The molecule has 0 atom stereocenters. The summed E-state index contributed by atoms with van der Waals surface area (Å²) in [5, 5.41) is 0. The molecule has 2 heterocycles. The molecule has 6 heteroatoms. The third-order valence-corrected chi connectivity index (χ3v) is 4.58. The molecule has 0 aliphatic carbocycles. The predicted octanol–water partition coefficient (Wildman–Crippen LogP) is 4.16. The normalized spacial score (nSPS) is 18.2. The molecule has 1 amide bonds. The van der Waals surface area contributed by atoms with Crippen molar-refractivity contribution in [1.29, 1.82) is 0 Å². The number of hydrogen-bond acceptors (Lipinski definition) is 4. The monoisotopic (exact) mass is 361 g/mol. The van der Waals surface area contributed by atoms with Crippen LogP contribution in [0.5, 0.6) is 0 Å². The molecule has 0 N–H and O–H groups in total. The molecule has 26 heavy (non-hydrogen) atoms. The number of cyclic esters (lactones) is 1. The van der Waals surface area contributed by atoms with Gasteiger partial charge in [-0.1, -0.05) is 18.2 Å². The molecule has 5 nitrogen and oxygen atoms in total. The first-order valence-electron chi connectivity index (χ1n) is 8.89. The number of carbonyl (C=O) groups is 2. The Morgan fingerprint density at radius 3 is 2.65 bits per heavy atom. The summed E-state index contributed by atoms with van der Waals surface area (Å²) >= 11 is 0. The van der Waals surface area contributed by atoms with Crippen LogP contribution in [-0.2, 0) is 16.1 Å². The minimum atomic E-state index is -0.496. The van der Waals surface area contributed by atoms with E-state index >= 15 is 0 Å². The molecule has 1 fully saturated rings. The highest BCUT2D eigenvalue weighted by molar-refractivity contribution is 5.93. The Bertz CT molecular complexity index is 743. The number of ether oxygens (including phenoxy) is 2. The van der Waals surface area contributed by atoms with Crippen LogP contribution in [0.25, 0.3) is 6.08 Å². The Labute approximate surface area is 152 Å². The van der Waals surface area contributed by atoms with E-state index < -0.39 is 17.4 Å². The molecule has 2 aliphatic rings. The summed E-state index contributed by atoms with van der Waals surface area (Å²) in [4.78, 5) is 25.3. The fourth-order valence-corrected chi connectivity index (χ4v) is 3.16. The molecule has 1 aromatic rings. The number of allylic oxidation sites excluding steroid dienone is 1. The molecule has 0 spiro atoms. The molecule has 2 aliphatic heterocycles. The number of benzene rings is 1. The van der Waals surface area contributed by atoms with E-state index in [9.17, 15) is 14.0 Å². The van der Waals surface area contributed by atoms with E-state index in [1.54, 1.807) is 23.1 Å². The third kappa shape index (κ3) is 4.06. The minimum Gasteiger partial charge on any atom is -0.457 e. The Balaban J connectivity index is 1.58. The van der Waals surface area contributed by atoms with Crippen molar-refractivity contribution >= 4 is 18.1 Å². The smallest absolute Gasteiger partial charge is 0.410 e. The standard InChI is InChI=1S/C20H24FNO4/c1-20(2,3)26-19(24)22-10-8-13(9-11-22)4-5-14-6-7-15-16(17(14)21)12-25-18(15)23/h4-7,13H,8-12H2,1-3H3. The number of amides is 1. The predicted molar refractivity (Wildman–Crippen MR) is 95.1 cm³/mol. The van der Waals surface area contributed by atoms with E-state index in [1.165, 1.54) is 0 Å². The van der Waals surface area contributed by atoms with Crippen molar-refractivity contribution in [2.24, 2.45) is 5.92 Å². The van der Waals surface area contributed by atoms with Gasteiger partial charge in [0, 0.05) is 24.2 Å². The van der Waals surface area contributed by atoms with Gasteiger partial charge >= 0.3 is 12.1 Å². The van der Waals surface area contributed by atoms with Gasteiger partial charge < -0.3 is 14.4 Å². The summed E-state index contributed by atoms with van der Waals surface area (Å²) in [6, 6.07) is 3.21. The lowest BCUT2D eigenvalue weighted by Crippen LogP contribution is -2.41. The molecular formula is C20H24FNO4. The van der Waals surface area contributed by atoms with E-state index in [0.717, 1.165) is 12.8 Å². The van der Waals surface area contributed by atoms with Gasteiger partial charge in [0.1, 0.15) is 18.0 Å². The van der Waals surface area contributed by atoms with Gasteiger partial charge in [-0.15, -0.1) is 0 Å². The van der Waals surface area contributed by atoms with Crippen molar-refractivity contribution in [3.8, 4) is 0 Å². The lowest BCUT2D eigenvalue weighted by molar-refractivity contribution is 0.0197. The zero-order valence-corrected chi connectivity index (χ0v) is 15.4. The molecular weight excluding hydrogens is 337 g/mol. The third-order valence-electron chi connectivity index (χ3n) is 4.58. The average molecular weight is 361 g/mol. The largest absolute Gasteiger partial charge is 0.457 e. The number of rotatable bonds is 2. The Morgan fingerprint density at radius 1 is 1.31 bits per heavy atom. The number of carbonyl (C=O) groups excluding carboxylic acids is 2. The van der Waals surface area contributed by atoms with Crippen LogP contribution in [0.15, 0.2) is 18.2 Å². The molecule has 0 bridgehead atoms. The van der Waals surface area contributed by atoms with Crippen LogP contribution in [0, 0.1) is 11.7 Å². The number of fused-ring (bicyclic) bond motifs is 1. The number of piperidine rings is 1. The maximum atomic E-state index is 14.5. The fourth-order valence-electron chi connectivity index (χ4n) is 3.16. The van der Waals surface area contributed by atoms with Gasteiger partial charge in [0.25, 0.3) is 0 Å². The van der Waals surface area contributed by atoms with Gasteiger partial charge in [-0.05, 0) is 45.6 Å². The van der Waals surface area contributed by atoms with Crippen LogP contribution < -0.4 is 0 Å². The first kappa shape index (κ1) is 18.4. The highest BCUT2D eigenvalue weighted by atomic mass is 19.1. The SMILES string of the molecule is CC(C)(C)OC(=O)N1CCC(C=Cc2ccc3c(c2F)COC3=O)CC1. The van der Waals surface area contributed by atoms with Crippen LogP contribution in [0.4, 0.5) is 9.18 Å². The van der Waals surface area contributed by atoms with Gasteiger partial charge in [-0.2, -0.15) is 0 Å². The summed E-state index contributed by atoms with van der Waals surface area (Å²) < 4.78 is 24.7. The molecule has 0 saturated carbocycles. The maximum absolute atomic E-state index is 14.5. The van der Waals surface area contributed by atoms with E-state index in [-0.39, 0.29) is 18.6 Å². The molecule has 0 unspecified atom stereocenters. The van der Waals surface area contributed by atoms with Gasteiger partial charge in [0.05, 0.1) is 5.56 Å². The summed E-state index contributed by atoms with van der Waals surface area (Å²) in [6.07, 6.45) is 5.07. The van der Waals surface area contributed by atoms with E-state index in [4.69, 9.17) is 9.47 Å². The number of esters is 1. The van der Waals surface area contributed by atoms with Crippen LogP contribution in [0.2, 0.25) is 0 Å². The second-order valence-corrected chi connectivity index (χ2v) is 7.73. The Kier molecular flexibility index (Phi) is 5.03. The van der Waals surface area contributed by atoms with Crippen molar-refractivity contribution in [2.45, 2.75) is 45.8 Å². The highest BCUT2D eigenvalue weighted by Crippen LogP contribution is 2.27. The second kappa shape index (κ2) is 7.09. The summed E-state index contributed by atoms with van der Waals surface area (Å²) in [5.41, 5.74) is 0.600. The molecule has 0 radical (unpaired) electrons. The first-order chi connectivity index (χ1) is 12.2. The molecule has 0 aromatic heterocycles. The van der Waals surface area contributed by atoms with Gasteiger partial charge in [0.2, 0.25) is 0 Å². The second-order valence-electron chi connectivity index (χ2n) is 7.73. The van der Waals surface area contributed by atoms with Gasteiger partial charge in [-0.25, -0.2) is 14.0 Å². The molecule has 3 rings (SSSR count). The minimum absolute atomic E-state index is 0.00401. The summed E-state index contributed by atoms with van der Waals surface area (Å²) in [7, 11) is 0. The van der Waals surface area contributed by atoms with Crippen molar-refractivity contribution in [1.82, 2.24) is 4.90 Å². The quantitative estimate of drug-likeness (QED) is 0.743. The molecule has 1 aromatic carbocycles. The average Bonchev–Trinajstić information content (AvgIpc) is 2.95. The van der Waals surface area contributed by atoms with Crippen LogP contribution in [0.3, 0.4) is 0 Å². The maximum Gasteiger partial charge on any atom is 0.410 e. The molecule has 1 saturated heterocycles. The number of likely N-dealkylation sites (tertiary alicyclic amines) is 1. The summed E-state index contributed by atoms with van der Waals surface area (Å²) in [5.74, 6) is -0.584. The van der Waals surface area contributed by atoms with Crippen molar-refractivity contribution in [2.75, 3.05) is 13.1 Å². The summed E-state index contributed by atoms with van der Waals surface area (Å²) in [6.45, 7) is 6.80. The number of hydrogen-bond donors (Lipinski definition) is 0. The zero-order chi connectivity index (χ0) is 18.9. The Morgan fingerprint density at radius 2 is 2.00 bits per heavy atom. The lowest BCUT2D eigenvalue weighted by Gasteiger charge is -2.32. The van der Waals surface area contributed by atoms with E-state index in [2.05, 4.69) is 0 Å². The van der Waals surface area contributed by atoms with Crippen molar-refractivity contribution in [3.05, 3.63) is 40.7 Å². The fraction of sp³-hybridized carbons (Fsp3) is 0.500. The van der Waals surface area contributed by atoms with E-state index in [1.807, 2.05) is 26.8 Å². The van der Waals surface area contributed by atoms with Gasteiger partial charge in [0.15, 0.2) is 0 Å². The van der Waals surface area contributed by atoms with Crippen molar-refractivity contribution < 1.29 is 23.5 Å². The van der Waals surface area contributed by atoms with E-state index in [0.29, 0.717) is 29.8 Å². The first-order valence-corrected chi connectivity index (χ1v) is 8.89. The zero-order valence-electron chi connectivity index (χ0n) is 15.4. The van der Waals surface area contributed by atoms with Gasteiger partial charge in [-0.3, -0.25) is 0 Å². The van der Waals surface area contributed by atoms with Crippen LogP contribution >= 0.6 is 0 Å². The highest BCUT2D eigenvalue weighted by Gasteiger charge is 2.27. The number of halogens is 1. The molecule has 140 valence electrons. The van der Waals surface area contributed by atoms with Crippen LogP contribution in [-0.4, -0.2) is 35.7 Å². The topological polar surface area (TPSA) is 55.8 Å². The number of nitrogens with zero attached hydrogens (tertiary/aromatic N) is 1. The van der Waals surface area contributed by atoms with Crippen LogP contribution in [0.1, 0.15) is 55.1 Å². The van der Waals surface area contributed by atoms with Crippen molar-refractivity contribution in [3.63, 3.8) is 0 Å².